The molecule has 0 radical (unpaired) electrons. The molecule has 1 saturated heterocycles. The molecule has 2 aliphatic heterocycles. The molecular formula is C18H17N3O2S. The summed E-state index contributed by atoms with van der Waals surface area (Å²) in [5.74, 6) is -0.486. The SMILES string of the molecule is NC(=O)CN1CC2C(c3ccccc3)Sc3ccccc3N2C1=O. The van der Waals surface area contributed by atoms with Crippen LogP contribution in [0.25, 0.3) is 0 Å². The minimum atomic E-state index is -0.486. The largest absolute Gasteiger partial charge is 0.368 e. The number of hydrogen-bond donors (Lipinski definition) is 1. The molecule has 2 unspecified atom stereocenters. The second-order valence-electron chi connectivity index (χ2n) is 5.98. The fourth-order valence-corrected chi connectivity index (χ4v) is 4.79. The number of nitrogens with zero attached hydrogens (tertiary/aromatic N) is 2. The molecule has 2 heterocycles. The van der Waals surface area contributed by atoms with E-state index >= 15 is 0 Å². The van der Waals surface area contributed by atoms with Crippen molar-refractivity contribution in [2.24, 2.45) is 5.73 Å². The standard InChI is InChI=1S/C18H17N3O2S/c19-16(22)11-20-10-14-17(12-6-2-1-3-7-12)24-15-9-5-4-8-13(15)21(14)18(20)23/h1-9,14,17H,10-11H2,(H2,19,22). The van der Waals surface area contributed by atoms with Gasteiger partial charge < -0.3 is 10.6 Å². The van der Waals surface area contributed by atoms with E-state index in [4.69, 9.17) is 5.73 Å². The zero-order chi connectivity index (χ0) is 16.7. The summed E-state index contributed by atoms with van der Waals surface area (Å²) in [6.07, 6.45) is 0. The van der Waals surface area contributed by atoms with Gasteiger partial charge in [0.25, 0.3) is 0 Å². The smallest absolute Gasteiger partial charge is 0.325 e. The minimum absolute atomic E-state index is 0.0147. The monoisotopic (exact) mass is 339 g/mol. The molecule has 2 aromatic carbocycles. The Morgan fingerprint density at radius 2 is 1.83 bits per heavy atom. The lowest BCUT2D eigenvalue weighted by Crippen LogP contribution is -2.40. The Hall–Kier alpha value is -2.47. The van der Waals surface area contributed by atoms with E-state index in [0.29, 0.717) is 6.54 Å². The van der Waals surface area contributed by atoms with Crippen molar-refractivity contribution in [3.8, 4) is 0 Å². The number of carbonyl (C=O) groups excluding carboxylic acids is 2. The quantitative estimate of drug-likeness (QED) is 0.935. The number of hydrogen-bond acceptors (Lipinski definition) is 3. The van der Waals surface area contributed by atoms with E-state index in [1.54, 1.807) is 16.7 Å². The number of primary amides is 1. The summed E-state index contributed by atoms with van der Waals surface area (Å²) in [5.41, 5.74) is 7.40. The number of rotatable bonds is 3. The molecule has 2 N–H and O–H groups in total. The molecule has 0 aliphatic carbocycles. The predicted molar refractivity (Wildman–Crippen MR) is 93.9 cm³/mol. The molecule has 3 amide bonds. The van der Waals surface area contributed by atoms with Crippen LogP contribution in [0.5, 0.6) is 0 Å². The summed E-state index contributed by atoms with van der Waals surface area (Å²) < 4.78 is 0. The van der Waals surface area contributed by atoms with E-state index < -0.39 is 5.91 Å². The van der Waals surface area contributed by atoms with E-state index in [-0.39, 0.29) is 23.9 Å². The Bertz CT molecular complexity index is 796. The van der Waals surface area contributed by atoms with Crippen LogP contribution in [0.15, 0.2) is 59.5 Å². The molecule has 24 heavy (non-hydrogen) atoms. The number of benzene rings is 2. The van der Waals surface area contributed by atoms with E-state index in [9.17, 15) is 9.59 Å². The van der Waals surface area contributed by atoms with Crippen LogP contribution in [0.1, 0.15) is 10.8 Å². The lowest BCUT2D eigenvalue weighted by atomic mass is 10.0. The summed E-state index contributed by atoms with van der Waals surface area (Å²) in [5, 5.41) is 0.128. The molecule has 0 spiro atoms. The van der Waals surface area contributed by atoms with Gasteiger partial charge in [-0.15, -0.1) is 11.8 Å². The average molecular weight is 339 g/mol. The molecule has 6 heteroatoms. The van der Waals surface area contributed by atoms with Crippen LogP contribution in [0.2, 0.25) is 0 Å². The van der Waals surface area contributed by atoms with Crippen molar-refractivity contribution in [3.05, 3.63) is 60.2 Å². The number of thioether (sulfide) groups is 1. The summed E-state index contributed by atoms with van der Waals surface area (Å²) in [6, 6.07) is 17.9. The number of anilines is 1. The van der Waals surface area contributed by atoms with Crippen molar-refractivity contribution in [1.29, 1.82) is 0 Å². The number of urea groups is 1. The van der Waals surface area contributed by atoms with Gasteiger partial charge in [0, 0.05) is 11.4 Å². The van der Waals surface area contributed by atoms with Gasteiger partial charge in [0.05, 0.1) is 17.0 Å². The van der Waals surface area contributed by atoms with Crippen LogP contribution >= 0.6 is 11.8 Å². The van der Waals surface area contributed by atoms with Crippen molar-refractivity contribution in [2.45, 2.75) is 16.2 Å². The van der Waals surface area contributed by atoms with Gasteiger partial charge in [-0.3, -0.25) is 9.69 Å². The van der Waals surface area contributed by atoms with Crippen LogP contribution in [0.3, 0.4) is 0 Å². The topological polar surface area (TPSA) is 66.6 Å². The highest BCUT2D eigenvalue weighted by Gasteiger charge is 2.47. The Labute approximate surface area is 144 Å². The molecule has 0 aromatic heterocycles. The number of carbonyl (C=O) groups is 2. The van der Waals surface area contributed by atoms with E-state index in [2.05, 4.69) is 12.1 Å². The maximum Gasteiger partial charge on any atom is 0.325 e. The maximum absolute atomic E-state index is 12.8. The van der Waals surface area contributed by atoms with Crippen molar-refractivity contribution in [2.75, 3.05) is 18.0 Å². The molecule has 1 fully saturated rings. The van der Waals surface area contributed by atoms with Crippen molar-refractivity contribution in [1.82, 2.24) is 4.90 Å². The predicted octanol–water partition coefficient (Wildman–Crippen LogP) is 2.63. The van der Waals surface area contributed by atoms with Gasteiger partial charge >= 0.3 is 6.03 Å². The van der Waals surface area contributed by atoms with Gasteiger partial charge in [-0.1, -0.05) is 42.5 Å². The highest BCUT2D eigenvalue weighted by atomic mass is 32.2. The third-order valence-corrected chi connectivity index (χ3v) is 5.86. The highest BCUT2D eigenvalue weighted by Crippen LogP contribution is 2.51. The summed E-state index contributed by atoms with van der Waals surface area (Å²) >= 11 is 1.77. The van der Waals surface area contributed by atoms with E-state index in [0.717, 1.165) is 10.6 Å². The summed E-state index contributed by atoms with van der Waals surface area (Å²) in [6.45, 7) is 0.461. The van der Waals surface area contributed by atoms with Gasteiger partial charge in [-0.25, -0.2) is 4.79 Å². The molecule has 2 aliphatic rings. The Morgan fingerprint density at radius 3 is 2.58 bits per heavy atom. The molecule has 2 aromatic rings. The summed E-state index contributed by atoms with van der Waals surface area (Å²) in [7, 11) is 0. The van der Waals surface area contributed by atoms with Crippen LogP contribution in [-0.4, -0.2) is 36.0 Å². The second-order valence-corrected chi connectivity index (χ2v) is 7.17. The number of amides is 3. The molecule has 5 nitrogen and oxygen atoms in total. The van der Waals surface area contributed by atoms with Crippen LogP contribution in [0, 0.1) is 0 Å². The van der Waals surface area contributed by atoms with Gasteiger partial charge in [0.15, 0.2) is 0 Å². The van der Waals surface area contributed by atoms with Crippen LogP contribution in [-0.2, 0) is 4.79 Å². The molecule has 2 atom stereocenters. The van der Waals surface area contributed by atoms with Gasteiger partial charge in [-0.05, 0) is 17.7 Å². The fourth-order valence-electron chi connectivity index (χ4n) is 3.42. The molecule has 122 valence electrons. The third kappa shape index (κ3) is 2.43. The third-order valence-electron chi connectivity index (χ3n) is 4.42. The first kappa shape index (κ1) is 15.1. The van der Waals surface area contributed by atoms with Crippen molar-refractivity contribution < 1.29 is 9.59 Å². The molecule has 4 rings (SSSR count). The second kappa shape index (κ2) is 5.87. The van der Waals surface area contributed by atoms with Crippen LogP contribution < -0.4 is 10.6 Å². The first-order valence-corrected chi connectivity index (χ1v) is 8.70. The van der Waals surface area contributed by atoms with Gasteiger partial charge in [0.2, 0.25) is 5.91 Å². The first-order chi connectivity index (χ1) is 11.6. The average Bonchev–Trinajstić information content (AvgIpc) is 2.91. The normalized spacial score (nSPS) is 22.2. The Morgan fingerprint density at radius 1 is 1.12 bits per heavy atom. The van der Waals surface area contributed by atoms with Gasteiger partial charge in [-0.2, -0.15) is 0 Å². The molecule has 0 bridgehead atoms. The number of nitrogens with two attached hydrogens (primary N) is 1. The maximum atomic E-state index is 12.8. The Balaban J connectivity index is 1.77. The zero-order valence-electron chi connectivity index (χ0n) is 13.0. The lowest BCUT2D eigenvalue weighted by Gasteiger charge is -2.36. The van der Waals surface area contributed by atoms with E-state index in [1.807, 2.05) is 47.4 Å². The molecule has 0 saturated carbocycles. The highest BCUT2D eigenvalue weighted by molar-refractivity contribution is 7.99. The Kier molecular flexibility index (Phi) is 3.69. The number of para-hydroxylation sites is 1. The van der Waals surface area contributed by atoms with Crippen molar-refractivity contribution >= 4 is 29.4 Å². The minimum Gasteiger partial charge on any atom is -0.368 e. The zero-order valence-corrected chi connectivity index (χ0v) is 13.8. The number of fused-ring (bicyclic) bond motifs is 3. The van der Waals surface area contributed by atoms with Crippen molar-refractivity contribution in [3.63, 3.8) is 0 Å². The van der Waals surface area contributed by atoms with Gasteiger partial charge in [0.1, 0.15) is 6.54 Å². The van der Waals surface area contributed by atoms with Crippen LogP contribution in [0.4, 0.5) is 10.5 Å². The summed E-state index contributed by atoms with van der Waals surface area (Å²) in [4.78, 5) is 28.6. The fraction of sp³-hybridized carbons (Fsp3) is 0.222. The molecular weight excluding hydrogens is 322 g/mol. The first-order valence-electron chi connectivity index (χ1n) is 7.82. The van der Waals surface area contributed by atoms with E-state index in [1.165, 1.54) is 5.56 Å². The lowest BCUT2D eigenvalue weighted by molar-refractivity contribution is -0.118.